The lowest BCUT2D eigenvalue weighted by Gasteiger charge is -2.36. The first kappa shape index (κ1) is 38.5. The van der Waals surface area contributed by atoms with Gasteiger partial charge in [-0.25, -0.2) is 4.98 Å². The van der Waals surface area contributed by atoms with E-state index in [1.807, 2.05) is 65.7 Å². The molecule has 0 unspecified atom stereocenters. The Bertz CT molecular complexity index is 2930. The molecule has 9 nitrogen and oxygen atoms in total. The summed E-state index contributed by atoms with van der Waals surface area (Å²) in [6, 6.07) is 54.2. The maximum absolute atomic E-state index is 13.8. The molecule has 2 aliphatic heterocycles. The molecule has 2 amide bonds. The minimum atomic E-state index is -0.780. The quantitative estimate of drug-likeness (QED) is 0.112. The zero-order valence-corrected chi connectivity index (χ0v) is 34.0. The van der Waals surface area contributed by atoms with E-state index in [9.17, 15) is 14.4 Å². The summed E-state index contributed by atoms with van der Waals surface area (Å²) in [5.41, 5.74) is 8.91. The van der Waals surface area contributed by atoms with Crippen LogP contribution in [-0.4, -0.2) is 63.6 Å². The predicted octanol–water partition coefficient (Wildman–Crippen LogP) is 9.67. The summed E-state index contributed by atoms with van der Waals surface area (Å²) in [5, 5.41) is 5.90. The first-order chi connectivity index (χ1) is 30.4. The number of morpholine rings is 1. The third kappa shape index (κ3) is 6.69. The highest BCUT2D eigenvalue weighted by atomic mass is 16.5. The van der Waals surface area contributed by atoms with E-state index in [0.29, 0.717) is 54.3 Å². The molecular formula is C53H41N5O4. The van der Waals surface area contributed by atoms with Gasteiger partial charge in [0.25, 0.3) is 5.91 Å². The Balaban J connectivity index is 1.12. The number of carbonyl (C=O) groups is 3. The van der Waals surface area contributed by atoms with Gasteiger partial charge >= 0.3 is 0 Å². The van der Waals surface area contributed by atoms with Gasteiger partial charge in [0.1, 0.15) is 5.54 Å². The summed E-state index contributed by atoms with van der Waals surface area (Å²) < 4.78 is 7.58. The standard InChI is InChI=1S/C53H41N5O4/c1-36(59)58-49-23-12-11-22-45(49)51(60)50(58)33-44-32-46(47-31-39(24-25-48(47)55-44)52(61)56-26-28-62-29-27-56)38-15-13-14-37(30-38)40-34-54-57(35-40)53(41-16-5-2-6-17-41,42-18-7-3-8-19-42)43-20-9-4-10-21-43/h2-25,30-35H,26-29H2,1H3/b50-33-. The normalized spacial score (nSPS) is 14.7. The maximum atomic E-state index is 13.8. The van der Waals surface area contributed by atoms with Crippen molar-refractivity contribution in [2.75, 3.05) is 31.2 Å². The minimum Gasteiger partial charge on any atom is -0.378 e. The number of fused-ring (bicyclic) bond motifs is 2. The monoisotopic (exact) mass is 811 g/mol. The predicted molar refractivity (Wildman–Crippen MR) is 242 cm³/mol. The van der Waals surface area contributed by atoms with Crippen LogP contribution in [-0.2, 0) is 15.1 Å². The number of ether oxygens (including phenoxy) is 1. The van der Waals surface area contributed by atoms with Crippen LogP contribution in [0.15, 0.2) is 182 Å². The minimum absolute atomic E-state index is 0.0707. The summed E-state index contributed by atoms with van der Waals surface area (Å²) in [7, 11) is 0. The summed E-state index contributed by atoms with van der Waals surface area (Å²) in [6.45, 7) is 3.49. The van der Waals surface area contributed by atoms with Gasteiger partial charge in [-0.15, -0.1) is 0 Å². The highest BCUT2D eigenvalue weighted by Gasteiger charge is 2.39. The van der Waals surface area contributed by atoms with Gasteiger partial charge in [0.15, 0.2) is 0 Å². The molecule has 0 saturated carbocycles. The van der Waals surface area contributed by atoms with Crippen molar-refractivity contribution in [3.05, 3.63) is 215 Å². The molecule has 6 aromatic carbocycles. The Morgan fingerprint density at radius 1 is 0.661 bits per heavy atom. The molecule has 62 heavy (non-hydrogen) atoms. The zero-order valence-electron chi connectivity index (χ0n) is 34.0. The van der Waals surface area contributed by atoms with Gasteiger partial charge in [0.05, 0.1) is 42.0 Å². The molecule has 0 spiro atoms. The number of para-hydroxylation sites is 1. The Morgan fingerprint density at radius 2 is 1.29 bits per heavy atom. The van der Waals surface area contributed by atoms with E-state index in [-0.39, 0.29) is 23.3 Å². The number of anilines is 1. The van der Waals surface area contributed by atoms with Gasteiger partial charge in [0.2, 0.25) is 11.7 Å². The number of pyridine rings is 1. The van der Waals surface area contributed by atoms with Crippen molar-refractivity contribution in [1.29, 1.82) is 0 Å². The number of aromatic nitrogens is 3. The Morgan fingerprint density at radius 3 is 1.95 bits per heavy atom. The molecule has 2 aliphatic rings. The Labute approximate surface area is 359 Å². The third-order valence-electron chi connectivity index (χ3n) is 11.8. The molecule has 1 fully saturated rings. The fourth-order valence-electron chi connectivity index (χ4n) is 8.94. The SMILES string of the molecule is CC(=O)N1/C(=C\c2cc(-c3cccc(-c4cnn(C(c5ccccc5)(c5ccccc5)c5ccccc5)c4)c3)c3cc(C(=O)N4CCOCC4)ccc3n2)C(=O)c2ccccc21. The molecule has 8 aromatic rings. The second kappa shape index (κ2) is 16.0. The number of hydrogen-bond acceptors (Lipinski definition) is 6. The van der Waals surface area contributed by atoms with Crippen molar-refractivity contribution in [2.24, 2.45) is 0 Å². The molecule has 1 saturated heterocycles. The molecule has 9 heteroatoms. The molecule has 10 rings (SSSR count). The van der Waals surface area contributed by atoms with Crippen molar-refractivity contribution in [3.8, 4) is 22.3 Å². The lowest BCUT2D eigenvalue weighted by molar-refractivity contribution is -0.116. The van der Waals surface area contributed by atoms with Crippen LogP contribution in [0.2, 0.25) is 0 Å². The summed E-state index contributed by atoms with van der Waals surface area (Å²) in [4.78, 5) is 48.9. The Hall–Kier alpha value is -7.75. The number of allylic oxidation sites excluding steroid dienone is 1. The van der Waals surface area contributed by atoms with E-state index in [0.717, 1.165) is 44.3 Å². The number of nitrogens with zero attached hydrogens (tertiary/aromatic N) is 5. The summed E-state index contributed by atoms with van der Waals surface area (Å²) in [6.07, 6.45) is 5.69. The number of hydrogen-bond donors (Lipinski definition) is 0. The van der Waals surface area contributed by atoms with Gasteiger partial charge in [0, 0.05) is 48.3 Å². The lowest BCUT2D eigenvalue weighted by Crippen LogP contribution is -2.40. The number of rotatable bonds is 8. The summed E-state index contributed by atoms with van der Waals surface area (Å²) >= 11 is 0. The second-order valence-electron chi connectivity index (χ2n) is 15.5. The van der Waals surface area contributed by atoms with Crippen LogP contribution < -0.4 is 4.90 Å². The van der Waals surface area contributed by atoms with E-state index in [4.69, 9.17) is 14.8 Å². The smallest absolute Gasteiger partial charge is 0.254 e. The molecule has 0 aliphatic carbocycles. The number of benzene rings is 6. The van der Waals surface area contributed by atoms with Gasteiger partial charge in [-0.1, -0.05) is 121 Å². The number of amides is 2. The molecule has 0 atom stereocenters. The average molecular weight is 812 g/mol. The number of ketones is 1. The van der Waals surface area contributed by atoms with Gasteiger partial charge in [-0.3, -0.25) is 24.0 Å². The third-order valence-corrected chi connectivity index (χ3v) is 11.8. The second-order valence-corrected chi connectivity index (χ2v) is 15.5. The van der Waals surface area contributed by atoms with Crippen LogP contribution >= 0.6 is 0 Å². The van der Waals surface area contributed by atoms with E-state index >= 15 is 0 Å². The van der Waals surface area contributed by atoms with Gasteiger partial charge in [-0.05, 0) is 81.9 Å². The average Bonchev–Trinajstić information content (AvgIpc) is 3.93. The first-order valence-corrected chi connectivity index (χ1v) is 20.7. The van der Waals surface area contributed by atoms with Crippen LogP contribution in [0.5, 0.6) is 0 Å². The zero-order chi connectivity index (χ0) is 42.2. The molecule has 2 aromatic heterocycles. The van der Waals surface area contributed by atoms with Gasteiger partial charge < -0.3 is 9.64 Å². The van der Waals surface area contributed by atoms with Gasteiger partial charge in [-0.2, -0.15) is 5.10 Å². The van der Waals surface area contributed by atoms with Crippen molar-refractivity contribution >= 4 is 40.3 Å². The fourth-order valence-corrected chi connectivity index (χ4v) is 8.94. The van der Waals surface area contributed by atoms with Crippen molar-refractivity contribution in [3.63, 3.8) is 0 Å². The first-order valence-electron chi connectivity index (χ1n) is 20.7. The number of carbonyl (C=O) groups excluding carboxylic acids is 3. The van der Waals surface area contributed by atoms with Crippen LogP contribution in [0, 0.1) is 0 Å². The fraction of sp³-hybridized carbons (Fsp3) is 0.113. The molecule has 0 radical (unpaired) electrons. The summed E-state index contributed by atoms with van der Waals surface area (Å²) in [5.74, 6) is -0.591. The van der Waals surface area contributed by atoms with Crippen molar-refractivity contribution in [1.82, 2.24) is 19.7 Å². The van der Waals surface area contributed by atoms with E-state index < -0.39 is 5.54 Å². The Kier molecular flexibility index (Phi) is 9.94. The molecule has 0 N–H and O–H groups in total. The largest absolute Gasteiger partial charge is 0.378 e. The highest BCUT2D eigenvalue weighted by Crippen LogP contribution is 2.42. The van der Waals surface area contributed by atoms with Crippen LogP contribution in [0.4, 0.5) is 5.69 Å². The van der Waals surface area contributed by atoms with Crippen LogP contribution in [0.25, 0.3) is 39.2 Å². The molecular weight excluding hydrogens is 771 g/mol. The van der Waals surface area contributed by atoms with E-state index in [2.05, 4.69) is 95.8 Å². The number of Topliss-reactive ketones (excluding diaryl/α,β-unsaturated/α-hetero) is 1. The topological polar surface area (TPSA) is 97.6 Å². The molecule has 4 heterocycles. The maximum Gasteiger partial charge on any atom is 0.254 e. The molecule has 0 bridgehead atoms. The van der Waals surface area contributed by atoms with Crippen LogP contribution in [0.1, 0.15) is 50.0 Å². The highest BCUT2D eigenvalue weighted by molar-refractivity contribution is 6.26. The van der Waals surface area contributed by atoms with E-state index in [1.54, 1.807) is 30.3 Å². The van der Waals surface area contributed by atoms with Crippen LogP contribution in [0.3, 0.4) is 0 Å². The van der Waals surface area contributed by atoms with Crippen molar-refractivity contribution in [2.45, 2.75) is 12.5 Å². The van der Waals surface area contributed by atoms with Crippen molar-refractivity contribution < 1.29 is 19.1 Å². The lowest BCUT2D eigenvalue weighted by atomic mass is 9.77. The van der Waals surface area contributed by atoms with E-state index in [1.165, 1.54) is 11.8 Å². The molecule has 302 valence electrons.